The first-order valence-corrected chi connectivity index (χ1v) is 6.82. The van der Waals surface area contributed by atoms with Crippen LogP contribution >= 0.6 is 0 Å². The van der Waals surface area contributed by atoms with Crippen LogP contribution in [0.15, 0.2) is 18.2 Å². The van der Waals surface area contributed by atoms with Crippen LogP contribution < -0.4 is 10.1 Å². The highest BCUT2D eigenvalue weighted by Gasteiger charge is 2.44. The quantitative estimate of drug-likeness (QED) is 0.799. The van der Waals surface area contributed by atoms with Crippen molar-refractivity contribution in [1.29, 1.82) is 0 Å². The number of hydrogen-bond acceptors (Lipinski definition) is 4. The first-order chi connectivity index (χ1) is 9.66. The van der Waals surface area contributed by atoms with E-state index in [0.29, 0.717) is 23.6 Å². The van der Waals surface area contributed by atoms with Crippen LogP contribution in [0.4, 0.5) is 5.69 Å². The van der Waals surface area contributed by atoms with Gasteiger partial charge in [-0.05, 0) is 25.0 Å². The molecule has 0 bridgehead atoms. The number of esters is 1. The SMILES string of the molecule is COC(=O)c1cccc2c1NC(=O)C1(CCCC1)CO2. The lowest BCUT2D eigenvalue weighted by Crippen LogP contribution is -2.37. The molecule has 1 spiro atoms. The first kappa shape index (κ1) is 13.0. The number of fused-ring (bicyclic) bond motifs is 1. The molecule has 0 unspecified atom stereocenters. The number of anilines is 1. The summed E-state index contributed by atoms with van der Waals surface area (Å²) in [6.45, 7) is 0.371. The van der Waals surface area contributed by atoms with E-state index in [4.69, 9.17) is 9.47 Å². The maximum atomic E-state index is 12.5. The molecule has 1 aliphatic carbocycles. The molecule has 20 heavy (non-hydrogen) atoms. The normalized spacial score (nSPS) is 19.8. The molecular formula is C15H17NO4. The van der Waals surface area contributed by atoms with Crippen LogP contribution in [-0.2, 0) is 9.53 Å². The van der Waals surface area contributed by atoms with Crippen LogP contribution in [-0.4, -0.2) is 25.6 Å². The zero-order valence-electron chi connectivity index (χ0n) is 11.4. The average molecular weight is 275 g/mol. The minimum Gasteiger partial charge on any atom is -0.490 e. The van der Waals surface area contributed by atoms with Crippen LogP contribution in [0.25, 0.3) is 0 Å². The number of nitrogens with one attached hydrogen (secondary N) is 1. The molecule has 1 heterocycles. The minimum atomic E-state index is -0.479. The third-order valence-corrected chi connectivity index (χ3v) is 4.22. The van der Waals surface area contributed by atoms with Gasteiger partial charge in [0.15, 0.2) is 0 Å². The van der Waals surface area contributed by atoms with Gasteiger partial charge in [-0.15, -0.1) is 0 Å². The number of ether oxygens (including phenoxy) is 2. The third kappa shape index (κ3) is 1.94. The lowest BCUT2D eigenvalue weighted by Gasteiger charge is -2.23. The molecule has 2 aliphatic rings. The summed E-state index contributed by atoms with van der Waals surface area (Å²) in [5, 5.41) is 2.87. The van der Waals surface area contributed by atoms with E-state index < -0.39 is 11.4 Å². The van der Waals surface area contributed by atoms with Crippen molar-refractivity contribution in [3.8, 4) is 5.75 Å². The van der Waals surface area contributed by atoms with Crippen molar-refractivity contribution in [2.24, 2.45) is 5.41 Å². The number of amides is 1. The van der Waals surface area contributed by atoms with E-state index in [1.54, 1.807) is 18.2 Å². The first-order valence-electron chi connectivity index (χ1n) is 6.82. The molecule has 5 nitrogen and oxygen atoms in total. The van der Waals surface area contributed by atoms with Crippen molar-refractivity contribution in [2.45, 2.75) is 25.7 Å². The van der Waals surface area contributed by atoms with Crippen molar-refractivity contribution in [3.63, 3.8) is 0 Å². The Labute approximate surface area is 117 Å². The van der Waals surface area contributed by atoms with Gasteiger partial charge in [0.1, 0.15) is 12.4 Å². The maximum absolute atomic E-state index is 12.5. The molecule has 106 valence electrons. The maximum Gasteiger partial charge on any atom is 0.340 e. The van der Waals surface area contributed by atoms with E-state index in [2.05, 4.69) is 5.32 Å². The molecule has 0 radical (unpaired) electrons. The fourth-order valence-corrected chi connectivity index (χ4v) is 3.01. The van der Waals surface area contributed by atoms with Gasteiger partial charge in [0, 0.05) is 0 Å². The van der Waals surface area contributed by atoms with Gasteiger partial charge < -0.3 is 14.8 Å². The third-order valence-electron chi connectivity index (χ3n) is 4.22. The number of benzene rings is 1. The highest BCUT2D eigenvalue weighted by molar-refractivity contribution is 6.05. The van der Waals surface area contributed by atoms with E-state index >= 15 is 0 Å². The Morgan fingerprint density at radius 1 is 1.35 bits per heavy atom. The van der Waals surface area contributed by atoms with Crippen molar-refractivity contribution in [1.82, 2.24) is 0 Å². The second kappa shape index (κ2) is 4.81. The summed E-state index contributed by atoms with van der Waals surface area (Å²) in [5.41, 5.74) is 0.299. The number of rotatable bonds is 1. The van der Waals surface area contributed by atoms with Crippen LogP contribution in [0.2, 0.25) is 0 Å². The lowest BCUT2D eigenvalue weighted by molar-refractivity contribution is -0.126. The topological polar surface area (TPSA) is 64.6 Å². The molecule has 0 saturated heterocycles. The molecule has 1 N–H and O–H groups in total. The molecule has 3 rings (SSSR count). The van der Waals surface area contributed by atoms with E-state index in [0.717, 1.165) is 25.7 Å². The zero-order valence-corrected chi connectivity index (χ0v) is 11.4. The molecule has 1 fully saturated rings. The summed E-state index contributed by atoms with van der Waals surface area (Å²) in [5.74, 6) is 0.00301. The monoisotopic (exact) mass is 275 g/mol. The van der Waals surface area contributed by atoms with Gasteiger partial charge in [0.25, 0.3) is 0 Å². The van der Waals surface area contributed by atoms with Gasteiger partial charge in [-0.2, -0.15) is 0 Å². The Balaban J connectivity index is 2.00. The van der Waals surface area contributed by atoms with Crippen molar-refractivity contribution in [2.75, 3.05) is 19.0 Å². The summed E-state index contributed by atoms with van der Waals surface area (Å²) in [6, 6.07) is 5.11. The van der Waals surface area contributed by atoms with Gasteiger partial charge in [-0.25, -0.2) is 4.79 Å². The Bertz CT molecular complexity index is 561. The van der Waals surface area contributed by atoms with E-state index in [1.165, 1.54) is 7.11 Å². The lowest BCUT2D eigenvalue weighted by atomic mass is 9.86. The molecule has 0 atom stereocenters. The number of hydrogen-bond donors (Lipinski definition) is 1. The fraction of sp³-hybridized carbons (Fsp3) is 0.467. The molecule has 1 aromatic carbocycles. The smallest absolute Gasteiger partial charge is 0.340 e. The summed E-state index contributed by atoms with van der Waals surface area (Å²) < 4.78 is 10.6. The standard InChI is InChI=1S/C15H17NO4/c1-19-13(17)10-5-4-6-11-12(10)16-14(18)15(9-20-11)7-2-3-8-15/h4-6H,2-3,7-9H2,1H3,(H,16,18). The van der Waals surface area contributed by atoms with Crippen molar-refractivity contribution < 1.29 is 19.1 Å². The molecule has 1 aliphatic heterocycles. The number of carbonyl (C=O) groups excluding carboxylic acids is 2. The van der Waals surface area contributed by atoms with Gasteiger partial charge in [-0.3, -0.25) is 4.79 Å². The summed E-state index contributed by atoms with van der Waals surface area (Å²) >= 11 is 0. The van der Waals surface area contributed by atoms with E-state index in [-0.39, 0.29) is 5.91 Å². The number of methoxy groups -OCH3 is 1. The van der Waals surface area contributed by atoms with Crippen LogP contribution in [0.1, 0.15) is 36.0 Å². The summed E-state index contributed by atoms with van der Waals surface area (Å²) in [7, 11) is 1.32. The molecule has 5 heteroatoms. The Hall–Kier alpha value is -2.04. The average Bonchev–Trinajstić information content (AvgIpc) is 2.89. The number of carbonyl (C=O) groups is 2. The Kier molecular flexibility index (Phi) is 3.12. The van der Waals surface area contributed by atoms with Crippen molar-refractivity contribution >= 4 is 17.6 Å². The number of para-hydroxylation sites is 1. The predicted molar refractivity (Wildman–Crippen MR) is 72.8 cm³/mol. The summed E-state index contributed by atoms with van der Waals surface area (Å²) in [4.78, 5) is 24.3. The van der Waals surface area contributed by atoms with Gasteiger partial charge in [0.2, 0.25) is 5.91 Å². The fourth-order valence-electron chi connectivity index (χ4n) is 3.01. The van der Waals surface area contributed by atoms with E-state index in [1.807, 2.05) is 0 Å². The largest absolute Gasteiger partial charge is 0.490 e. The van der Waals surface area contributed by atoms with Gasteiger partial charge in [-0.1, -0.05) is 18.9 Å². The molecule has 1 aromatic rings. The predicted octanol–water partition coefficient (Wildman–Crippen LogP) is 2.36. The molecular weight excluding hydrogens is 258 g/mol. The molecule has 0 aromatic heterocycles. The second-order valence-corrected chi connectivity index (χ2v) is 5.40. The zero-order chi connectivity index (χ0) is 14.2. The highest BCUT2D eigenvalue weighted by Crippen LogP contribution is 2.43. The van der Waals surface area contributed by atoms with Gasteiger partial charge >= 0.3 is 5.97 Å². The van der Waals surface area contributed by atoms with Crippen LogP contribution in [0.5, 0.6) is 5.75 Å². The molecule has 1 saturated carbocycles. The van der Waals surface area contributed by atoms with Crippen molar-refractivity contribution in [3.05, 3.63) is 23.8 Å². The van der Waals surface area contributed by atoms with Gasteiger partial charge in [0.05, 0.1) is 23.8 Å². The van der Waals surface area contributed by atoms with E-state index in [9.17, 15) is 9.59 Å². The minimum absolute atomic E-state index is 0.0508. The molecule has 1 amide bonds. The Morgan fingerprint density at radius 3 is 2.80 bits per heavy atom. The van der Waals surface area contributed by atoms with Crippen LogP contribution in [0.3, 0.4) is 0 Å². The van der Waals surface area contributed by atoms with Crippen LogP contribution in [0, 0.1) is 5.41 Å². The second-order valence-electron chi connectivity index (χ2n) is 5.40. The summed E-state index contributed by atoms with van der Waals surface area (Å²) in [6.07, 6.45) is 3.74. The Morgan fingerprint density at radius 2 is 2.10 bits per heavy atom. The highest BCUT2D eigenvalue weighted by atomic mass is 16.5.